The van der Waals surface area contributed by atoms with Crippen LogP contribution >= 0.6 is 0 Å². The average Bonchev–Trinajstić information content (AvgIpc) is 2.79. The topological polar surface area (TPSA) is 19.0 Å². The maximum atomic E-state index is 3.25. The van der Waals surface area contributed by atoms with E-state index in [-0.39, 0.29) is 0 Å². The first-order valence-electron chi connectivity index (χ1n) is 6.63. The van der Waals surface area contributed by atoms with E-state index in [2.05, 4.69) is 41.1 Å². The summed E-state index contributed by atoms with van der Waals surface area (Å²) in [6.07, 6.45) is 6.12. The van der Waals surface area contributed by atoms with Gasteiger partial charge in [-0.2, -0.15) is 0 Å². The van der Waals surface area contributed by atoms with Gasteiger partial charge in [-0.15, -0.1) is 0 Å². The lowest BCUT2D eigenvalue weighted by Crippen LogP contribution is -2.36. The lowest BCUT2D eigenvalue weighted by atomic mass is 10.0. The van der Waals surface area contributed by atoms with Crippen LogP contribution in [0, 0.1) is 0 Å². The Balaban J connectivity index is 1.79. The SMILES string of the molecule is C[C@H]1CCCCN1Cc1ccc2[nH]ccc2c1. The minimum absolute atomic E-state index is 0.741. The quantitative estimate of drug-likeness (QED) is 0.833. The maximum absolute atomic E-state index is 3.25. The Labute approximate surface area is 103 Å². The molecule has 17 heavy (non-hydrogen) atoms. The highest BCUT2D eigenvalue weighted by Crippen LogP contribution is 2.21. The maximum Gasteiger partial charge on any atom is 0.0454 e. The first-order chi connectivity index (χ1) is 8.33. The Kier molecular flexibility index (Phi) is 2.89. The fourth-order valence-corrected chi connectivity index (χ4v) is 2.83. The summed E-state index contributed by atoms with van der Waals surface area (Å²) in [6, 6.07) is 9.65. The van der Waals surface area contributed by atoms with E-state index in [4.69, 9.17) is 0 Å². The van der Waals surface area contributed by atoms with Crippen LogP contribution in [0.5, 0.6) is 0 Å². The molecule has 1 aromatic carbocycles. The Morgan fingerprint density at radius 3 is 3.12 bits per heavy atom. The fourth-order valence-electron chi connectivity index (χ4n) is 2.83. The molecule has 90 valence electrons. The van der Waals surface area contributed by atoms with Crippen molar-refractivity contribution in [2.24, 2.45) is 0 Å². The third-order valence-electron chi connectivity index (χ3n) is 3.94. The third kappa shape index (κ3) is 2.22. The number of aromatic nitrogens is 1. The number of benzene rings is 1. The highest BCUT2D eigenvalue weighted by Gasteiger charge is 2.17. The van der Waals surface area contributed by atoms with Gasteiger partial charge >= 0.3 is 0 Å². The van der Waals surface area contributed by atoms with Gasteiger partial charge < -0.3 is 4.98 Å². The number of hydrogen-bond acceptors (Lipinski definition) is 1. The fraction of sp³-hybridized carbons (Fsp3) is 0.467. The Bertz CT molecular complexity index is 500. The van der Waals surface area contributed by atoms with Crippen molar-refractivity contribution < 1.29 is 0 Å². The summed E-state index contributed by atoms with van der Waals surface area (Å²) in [4.78, 5) is 5.85. The summed E-state index contributed by atoms with van der Waals surface area (Å²) in [5.74, 6) is 0. The van der Waals surface area contributed by atoms with Crippen LogP contribution in [-0.4, -0.2) is 22.5 Å². The molecule has 0 amide bonds. The Hall–Kier alpha value is -1.28. The van der Waals surface area contributed by atoms with Crippen molar-refractivity contribution in [2.45, 2.75) is 38.8 Å². The van der Waals surface area contributed by atoms with E-state index in [1.807, 2.05) is 6.20 Å². The van der Waals surface area contributed by atoms with Gasteiger partial charge in [0.05, 0.1) is 0 Å². The predicted molar refractivity (Wildman–Crippen MR) is 72.0 cm³/mol. The van der Waals surface area contributed by atoms with E-state index in [1.165, 1.54) is 42.3 Å². The number of rotatable bonds is 2. The second-order valence-electron chi connectivity index (χ2n) is 5.21. The molecule has 1 aliphatic rings. The second-order valence-corrected chi connectivity index (χ2v) is 5.21. The molecule has 0 saturated carbocycles. The van der Waals surface area contributed by atoms with Gasteiger partial charge in [-0.1, -0.05) is 12.5 Å². The van der Waals surface area contributed by atoms with Gasteiger partial charge in [0, 0.05) is 24.3 Å². The van der Waals surface area contributed by atoms with Crippen molar-refractivity contribution in [1.82, 2.24) is 9.88 Å². The van der Waals surface area contributed by atoms with Crippen molar-refractivity contribution in [2.75, 3.05) is 6.54 Å². The Morgan fingerprint density at radius 2 is 2.24 bits per heavy atom. The number of likely N-dealkylation sites (tertiary alicyclic amines) is 1. The lowest BCUT2D eigenvalue weighted by Gasteiger charge is -2.33. The molecule has 1 saturated heterocycles. The van der Waals surface area contributed by atoms with Crippen LogP contribution in [0.2, 0.25) is 0 Å². The summed E-state index contributed by atoms with van der Waals surface area (Å²) in [7, 11) is 0. The van der Waals surface area contributed by atoms with Crippen LogP contribution in [-0.2, 0) is 6.54 Å². The van der Waals surface area contributed by atoms with Gasteiger partial charge in [0.2, 0.25) is 0 Å². The zero-order valence-corrected chi connectivity index (χ0v) is 10.4. The van der Waals surface area contributed by atoms with Crippen LogP contribution in [0.15, 0.2) is 30.5 Å². The zero-order chi connectivity index (χ0) is 11.7. The highest BCUT2D eigenvalue weighted by atomic mass is 15.2. The molecule has 0 unspecified atom stereocenters. The van der Waals surface area contributed by atoms with Gasteiger partial charge in [-0.25, -0.2) is 0 Å². The van der Waals surface area contributed by atoms with Gasteiger partial charge in [0.25, 0.3) is 0 Å². The van der Waals surface area contributed by atoms with Crippen LogP contribution in [0.4, 0.5) is 0 Å². The molecule has 1 fully saturated rings. The largest absolute Gasteiger partial charge is 0.361 e. The van der Waals surface area contributed by atoms with Crippen LogP contribution in [0.1, 0.15) is 31.7 Å². The molecule has 0 spiro atoms. The minimum atomic E-state index is 0.741. The van der Waals surface area contributed by atoms with E-state index in [0.29, 0.717) is 0 Å². The lowest BCUT2D eigenvalue weighted by molar-refractivity contribution is 0.152. The van der Waals surface area contributed by atoms with Crippen molar-refractivity contribution >= 4 is 10.9 Å². The standard InChI is InChI=1S/C15H20N2/c1-12-4-2-3-9-17(12)11-13-5-6-15-14(10-13)7-8-16-15/h5-8,10,12,16H,2-4,9,11H2,1H3/t12-/m0/s1. The zero-order valence-electron chi connectivity index (χ0n) is 10.4. The van der Waals surface area contributed by atoms with Crippen molar-refractivity contribution in [3.63, 3.8) is 0 Å². The molecular formula is C15H20N2. The number of fused-ring (bicyclic) bond motifs is 1. The second kappa shape index (κ2) is 4.53. The molecule has 3 rings (SSSR count). The van der Waals surface area contributed by atoms with Crippen LogP contribution in [0.25, 0.3) is 10.9 Å². The van der Waals surface area contributed by atoms with Crippen molar-refractivity contribution in [1.29, 1.82) is 0 Å². The molecule has 2 nitrogen and oxygen atoms in total. The van der Waals surface area contributed by atoms with Crippen LogP contribution in [0.3, 0.4) is 0 Å². The molecule has 2 heteroatoms. The number of aromatic amines is 1. The smallest absolute Gasteiger partial charge is 0.0454 e. The molecule has 1 N–H and O–H groups in total. The van der Waals surface area contributed by atoms with Gasteiger partial charge in [0.15, 0.2) is 0 Å². The Morgan fingerprint density at radius 1 is 1.29 bits per heavy atom. The van der Waals surface area contributed by atoms with Gasteiger partial charge in [-0.05, 0) is 55.5 Å². The number of nitrogens with zero attached hydrogens (tertiary/aromatic N) is 1. The summed E-state index contributed by atoms with van der Waals surface area (Å²) < 4.78 is 0. The van der Waals surface area contributed by atoms with Gasteiger partial charge in [-0.3, -0.25) is 4.90 Å². The number of hydrogen-bond donors (Lipinski definition) is 1. The number of H-pyrrole nitrogens is 1. The number of nitrogens with one attached hydrogen (secondary N) is 1. The van der Waals surface area contributed by atoms with Crippen LogP contribution < -0.4 is 0 Å². The summed E-state index contributed by atoms with van der Waals surface area (Å²) in [6.45, 7) is 4.71. The van der Waals surface area contributed by atoms with Gasteiger partial charge in [0.1, 0.15) is 0 Å². The molecular weight excluding hydrogens is 208 g/mol. The van der Waals surface area contributed by atoms with E-state index in [1.54, 1.807) is 0 Å². The van der Waals surface area contributed by atoms with E-state index in [9.17, 15) is 0 Å². The first kappa shape index (κ1) is 10.8. The average molecular weight is 228 g/mol. The van der Waals surface area contributed by atoms with Crippen molar-refractivity contribution in [3.8, 4) is 0 Å². The molecule has 1 aliphatic heterocycles. The molecule has 1 aromatic heterocycles. The molecule has 1 atom stereocenters. The van der Waals surface area contributed by atoms with E-state index in [0.717, 1.165) is 12.6 Å². The predicted octanol–water partition coefficient (Wildman–Crippen LogP) is 3.54. The minimum Gasteiger partial charge on any atom is -0.361 e. The summed E-state index contributed by atoms with van der Waals surface area (Å²) >= 11 is 0. The molecule has 0 radical (unpaired) electrons. The molecule has 2 heterocycles. The highest BCUT2D eigenvalue weighted by molar-refractivity contribution is 5.79. The van der Waals surface area contributed by atoms with E-state index < -0.39 is 0 Å². The number of piperidine rings is 1. The third-order valence-corrected chi connectivity index (χ3v) is 3.94. The molecule has 2 aromatic rings. The van der Waals surface area contributed by atoms with Crippen molar-refractivity contribution in [3.05, 3.63) is 36.0 Å². The summed E-state index contributed by atoms with van der Waals surface area (Å²) in [5.41, 5.74) is 2.67. The molecule has 0 aliphatic carbocycles. The van der Waals surface area contributed by atoms with E-state index >= 15 is 0 Å². The normalized spacial score (nSPS) is 22.1. The molecule has 0 bridgehead atoms. The monoisotopic (exact) mass is 228 g/mol. The first-order valence-corrected chi connectivity index (χ1v) is 6.63. The summed E-state index contributed by atoms with van der Waals surface area (Å²) in [5, 5.41) is 1.33.